The Morgan fingerprint density at radius 2 is 1.93 bits per heavy atom. The first kappa shape index (κ1) is 12.4. The Balaban J connectivity index is 4.01. The summed E-state index contributed by atoms with van der Waals surface area (Å²) in [4.78, 5) is 31.3. The third kappa shape index (κ3) is 7.11. The number of carbonyl (C=O) groups is 3. The molecule has 0 aromatic rings. The molecule has 0 aliphatic carbocycles. The minimum Gasteiger partial charge on any atom is -0.478 e. The van der Waals surface area contributed by atoms with Crippen molar-refractivity contribution in [3.8, 4) is 0 Å². The molecule has 0 amide bonds. The van der Waals surface area contributed by atoms with Gasteiger partial charge in [-0.3, -0.25) is 4.79 Å². The first-order chi connectivity index (χ1) is 6.41. The molecule has 0 unspecified atom stereocenters. The van der Waals surface area contributed by atoms with Gasteiger partial charge in [-0.15, -0.1) is 0 Å². The number of carboxylic acids is 1. The zero-order valence-electron chi connectivity index (χ0n) is 7.35. The number of hydrogen-bond donors (Lipinski definition) is 1. The molecule has 0 spiro atoms. The van der Waals surface area contributed by atoms with Crippen LogP contribution in [-0.2, 0) is 19.1 Å². The molecule has 1 N–H and O–H groups in total. The monoisotopic (exact) mass is 216 g/mol. The van der Waals surface area contributed by atoms with Crippen molar-refractivity contribution in [3.63, 3.8) is 0 Å². The van der Waals surface area contributed by atoms with E-state index < -0.39 is 11.9 Å². The number of rotatable bonds is 4. The summed E-state index contributed by atoms with van der Waals surface area (Å²) in [6.45, 7) is 1.30. The second-order valence-corrected chi connectivity index (χ2v) is 2.80. The van der Waals surface area contributed by atoms with Crippen molar-refractivity contribution in [2.24, 2.45) is 0 Å². The lowest BCUT2D eigenvalue weighted by atomic mass is 10.3. The molecular weight excluding hydrogens is 208 g/mol. The summed E-state index contributed by atoms with van der Waals surface area (Å²) in [5.41, 5.74) is 0. The smallest absolute Gasteiger partial charge is 0.336 e. The second kappa shape index (κ2) is 5.98. The van der Waals surface area contributed by atoms with Gasteiger partial charge in [0.1, 0.15) is 5.78 Å². The van der Waals surface area contributed by atoms with Gasteiger partial charge in [-0.05, 0) is 19.1 Å². The van der Waals surface area contributed by atoms with E-state index in [1.54, 1.807) is 0 Å². The molecule has 76 valence electrons. The van der Waals surface area contributed by atoms with E-state index in [0.29, 0.717) is 6.08 Å². The maximum Gasteiger partial charge on any atom is 0.336 e. The topological polar surface area (TPSA) is 80.7 Å². The average molecular weight is 216 g/mol. The molecule has 0 fully saturated rings. The zero-order chi connectivity index (χ0) is 11.1. The van der Waals surface area contributed by atoms with E-state index in [1.807, 2.05) is 0 Å². The van der Waals surface area contributed by atoms with Gasteiger partial charge < -0.3 is 9.84 Å². The lowest BCUT2D eigenvalue weighted by Gasteiger charge is -1.99. The van der Waals surface area contributed by atoms with Gasteiger partial charge in [-0.2, -0.15) is 0 Å². The third-order valence-corrected chi connectivity index (χ3v) is 1.20. The quantitative estimate of drug-likeness (QED) is 0.418. The highest BCUT2D eigenvalue weighted by molar-refractivity contribution is 7.80. The molecule has 0 atom stereocenters. The van der Waals surface area contributed by atoms with Crippen LogP contribution in [0.15, 0.2) is 12.2 Å². The lowest BCUT2D eigenvalue weighted by Crippen LogP contribution is -2.11. The zero-order valence-corrected chi connectivity index (χ0v) is 8.17. The molecule has 0 heterocycles. The summed E-state index contributed by atoms with van der Waals surface area (Å²) < 4.78 is 4.43. The Morgan fingerprint density at radius 1 is 1.36 bits per heavy atom. The molecule has 0 rings (SSSR count). The van der Waals surface area contributed by atoms with Gasteiger partial charge in [-0.1, -0.05) is 0 Å². The molecule has 14 heavy (non-hydrogen) atoms. The van der Waals surface area contributed by atoms with Crippen molar-refractivity contribution >= 4 is 35.0 Å². The van der Waals surface area contributed by atoms with Gasteiger partial charge in [0.15, 0.2) is 5.05 Å². The average Bonchev–Trinajstić information content (AvgIpc) is 1.98. The largest absolute Gasteiger partial charge is 0.478 e. The van der Waals surface area contributed by atoms with Crippen LogP contribution in [0, 0.1) is 0 Å². The number of carboxylic acid groups (broad SMARTS) is 1. The van der Waals surface area contributed by atoms with Crippen molar-refractivity contribution in [3.05, 3.63) is 12.2 Å². The number of hydrogen-bond acceptors (Lipinski definition) is 5. The standard InChI is InChI=1S/C8H8O5S/c1-5(9)4-8(14)13-7(12)3-2-6(10)11/h2-3H,4H2,1H3,(H,10,11)/b3-2-. The minimum atomic E-state index is -1.26. The van der Waals surface area contributed by atoms with Crippen LogP contribution in [0.4, 0.5) is 0 Å². The van der Waals surface area contributed by atoms with Crippen molar-refractivity contribution in [2.75, 3.05) is 0 Å². The SMILES string of the molecule is CC(=O)CC(=S)OC(=O)/C=C\C(=O)O. The van der Waals surface area contributed by atoms with Crippen LogP contribution in [0.3, 0.4) is 0 Å². The number of aliphatic carboxylic acids is 1. The fraction of sp³-hybridized carbons (Fsp3) is 0.250. The molecule has 6 heteroatoms. The number of ketones is 1. The van der Waals surface area contributed by atoms with E-state index in [2.05, 4.69) is 17.0 Å². The van der Waals surface area contributed by atoms with Crippen LogP contribution < -0.4 is 0 Å². The van der Waals surface area contributed by atoms with Crippen LogP contribution in [-0.4, -0.2) is 27.9 Å². The molecule has 0 radical (unpaired) electrons. The first-order valence-electron chi connectivity index (χ1n) is 3.57. The number of Topliss-reactive ketones (excluding diaryl/α,β-unsaturated/α-hetero) is 1. The molecule has 0 aromatic heterocycles. The summed E-state index contributed by atoms with van der Waals surface area (Å²) in [5, 5.41) is 7.99. The summed E-state index contributed by atoms with van der Waals surface area (Å²) in [5.74, 6) is -2.40. The van der Waals surface area contributed by atoms with Gasteiger partial charge in [0.2, 0.25) is 0 Å². The Bertz CT molecular complexity index is 305. The summed E-state index contributed by atoms with van der Waals surface area (Å²) in [7, 11) is 0. The van der Waals surface area contributed by atoms with Crippen molar-refractivity contribution in [1.82, 2.24) is 0 Å². The molecular formula is C8H8O5S. The highest BCUT2D eigenvalue weighted by Crippen LogP contribution is 1.93. The van der Waals surface area contributed by atoms with E-state index in [4.69, 9.17) is 5.11 Å². The Morgan fingerprint density at radius 3 is 2.36 bits per heavy atom. The number of thiocarbonyl (C=S) groups is 1. The van der Waals surface area contributed by atoms with E-state index in [0.717, 1.165) is 6.08 Å². The van der Waals surface area contributed by atoms with E-state index in [9.17, 15) is 14.4 Å². The molecule has 0 aliphatic heterocycles. The van der Waals surface area contributed by atoms with Crippen molar-refractivity contribution < 1.29 is 24.2 Å². The van der Waals surface area contributed by atoms with Gasteiger partial charge >= 0.3 is 11.9 Å². The number of ether oxygens (including phenoxy) is 1. The second-order valence-electron chi connectivity index (χ2n) is 2.34. The highest BCUT2D eigenvalue weighted by Gasteiger charge is 2.06. The normalized spacial score (nSPS) is 9.79. The maximum atomic E-state index is 10.8. The van der Waals surface area contributed by atoms with E-state index in [-0.39, 0.29) is 17.3 Å². The van der Waals surface area contributed by atoms with Crippen LogP contribution in [0.5, 0.6) is 0 Å². The summed E-state index contributed by atoms with van der Waals surface area (Å²) >= 11 is 4.54. The minimum absolute atomic E-state index is 0.137. The van der Waals surface area contributed by atoms with Crippen molar-refractivity contribution in [2.45, 2.75) is 13.3 Å². The van der Waals surface area contributed by atoms with E-state index >= 15 is 0 Å². The summed E-state index contributed by atoms with van der Waals surface area (Å²) in [6, 6.07) is 0. The summed E-state index contributed by atoms with van der Waals surface area (Å²) in [6.07, 6.45) is 1.20. The number of esters is 1. The molecule has 0 bridgehead atoms. The Labute approximate surface area is 85.4 Å². The lowest BCUT2D eigenvalue weighted by molar-refractivity contribution is -0.133. The fourth-order valence-corrected chi connectivity index (χ4v) is 0.810. The molecule has 5 nitrogen and oxygen atoms in total. The Kier molecular flexibility index (Phi) is 5.31. The van der Waals surface area contributed by atoms with E-state index in [1.165, 1.54) is 6.92 Å². The molecule has 0 aliphatic rings. The highest BCUT2D eigenvalue weighted by atomic mass is 32.1. The molecule has 0 saturated heterocycles. The first-order valence-corrected chi connectivity index (χ1v) is 3.97. The van der Waals surface area contributed by atoms with Crippen LogP contribution in [0.25, 0.3) is 0 Å². The van der Waals surface area contributed by atoms with Crippen LogP contribution in [0.1, 0.15) is 13.3 Å². The van der Waals surface area contributed by atoms with Gasteiger partial charge in [0, 0.05) is 12.2 Å². The fourth-order valence-electron chi connectivity index (χ4n) is 0.525. The third-order valence-electron chi connectivity index (χ3n) is 0.970. The Hall–Kier alpha value is -1.56. The van der Waals surface area contributed by atoms with Crippen molar-refractivity contribution in [1.29, 1.82) is 0 Å². The van der Waals surface area contributed by atoms with Crippen LogP contribution in [0.2, 0.25) is 0 Å². The van der Waals surface area contributed by atoms with Gasteiger partial charge in [-0.25, -0.2) is 9.59 Å². The predicted octanol–water partition coefficient (Wildman–Crippen LogP) is 0.477. The van der Waals surface area contributed by atoms with Crippen LogP contribution >= 0.6 is 12.2 Å². The van der Waals surface area contributed by atoms with Gasteiger partial charge in [0.05, 0.1) is 6.42 Å². The predicted molar refractivity (Wildman–Crippen MR) is 50.8 cm³/mol. The molecule has 0 saturated carbocycles. The van der Waals surface area contributed by atoms with Gasteiger partial charge in [0.25, 0.3) is 0 Å². The number of carbonyl (C=O) groups excluding carboxylic acids is 2. The maximum absolute atomic E-state index is 10.8. The molecule has 0 aromatic carbocycles.